The average molecular weight is 459 g/mol. The molecule has 4 heterocycles. The highest BCUT2D eigenvalue weighted by molar-refractivity contribution is 8.00. The second-order valence-corrected chi connectivity index (χ2v) is 9.60. The van der Waals surface area contributed by atoms with Crippen molar-refractivity contribution >= 4 is 34.7 Å². The van der Waals surface area contributed by atoms with E-state index >= 15 is 0 Å². The van der Waals surface area contributed by atoms with Gasteiger partial charge in [0.25, 0.3) is 0 Å². The number of ether oxygens (including phenoxy) is 3. The van der Waals surface area contributed by atoms with Crippen molar-refractivity contribution in [1.82, 2.24) is 14.8 Å². The maximum Gasteiger partial charge on any atom is 0.237 e. The second kappa shape index (κ2) is 8.89. The number of hydrogen-bond donors (Lipinski definition) is 1. The Balaban J connectivity index is 1.31. The van der Waals surface area contributed by atoms with Gasteiger partial charge in [0, 0.05) is 18.4 Å². The Labute approximate surface area is 187 Å². The number of thiophene rings is 1. The topological polar surface area (TPSA) is 87.5 Å². The van der Waals surface area contributed by atoms with Crippen LogP contribution in [0, 0.1) is 0 Å². The first kappa shape index (κ1) is 20.3. The Kier molecular flexibility index (Phi) is 5.84. The van der Waals surface area contributed by atoms with Crippen molar-refractivity contribution in [3.8, 4) is 22.2 Å². The van der Waals surface area contributed by atoms with E-state index in [9.17, 15) is 4.79 Å². The molecule has 2 aliphatic rings. The Morgan fingerprint density at radius 3 is 3.03 bits per heavy atom. The Morgan fingerprint density at radius 2 is 2.23 bits per heavy atom. The van der Waals surface area contributed by atoms with E-state index in [1.165, 1.54) is 11.8 Å². The Hall–Kier alpha value is -2.56. The van der Waals surface area contributed by atoms with Crippen LogP contribution in [-0.4, -0.2) is 45.4 Å². The molecule has 2 aromatic heterocycles. The minimum Gasteiger partial charge on any atom is -0.454 e. The quantitative estimate of drug-likeness (QED) is 0.535. The number of thioether (sulfide) groups is 1. The minimum atomic E-state index is -0.367. The van der Waals surface area contributed by atoms with E-state index in [0.717, 1.165) is 30.2 Å². The zero-order valence-electron chi connectivity index (χ0n) is 16.9. The van der Waals surface area contributed by atoms with E-state index in [2.05, 4.69) is 20.1 Å². The number of fused-ring (bicyclic) bond motifs is 1. The highest BCUT2D eigenvalue weighted by Gasteiger charge is 2.25. The molecular formula is C21H22N4O4S2. The van der Waals surface area contributed by atoms with Crippen molar-refractivity contribution in [2.24, 2.45) is 0 Å². The van der Waals surface area contributed by atoms with Crippen LogP contribution in [0.2, 0.25) is 0 Å². The van der Waals surface area contributed by atoms with Crippen molar-refractivity contribution in [3.63, 3.8) is 0 Å². The largest absolute Gasteiger partial charge is 0.454 e. The predicted octanol–water partition coefficient (Wildman–Crippen LogP) is 4.03. The van der Waals surface area contributed by atoms with Gasteiger partial charge in [-0.3, -0.25) is 9.36 Å². The number of anilines is 1. The van der Waals surface area contributed by atoms with Gasteiger partial charge in [0.2, 0.25) is 12.7 Å². The molecule has 1 saturated heterocycles. The van der Waals surface area contributed by atoms with Gasteiger partial charge < -0.3 is 19.5 Å². The van der Waals surface area contributed by atoms with E-state index in [-0.39, 0.29) is 24.1 Å². The van der Waals surface area contributed by atoms with E-state index in [1.54, 1.807) is 29.5 Å². The van der Waals surface area contributed by atoms with Crippen LogP contribution in [0.1, 0.15) is 19.8 Å². The fraction of sp³-hybridized carbons (Fsp3) is 0.381. The summed E-state index contributed by atoms with van der Waals surface area (Å²) in [6, 6.07) is 9.40. The highest BCUT2D eigenvalue weighted by Crippen LogP contribution is 2.35. The van der Waals surface area contributed by atoms with Crippen LogP contribution in [0.5, 0.6) is 11.5 Å². The fourth-order valence-corrected chi connectivity index (χ4v) is 5.13. The smallest absolute Gasteiger partial charge is 0.237 e. The van der Waals surface area contributed by atoms with Crippen molar-refractivity contribution in [1.29, 1.82) is 0 Å². The first-order chi connectivity index (χ1) is 15.2. The fourth-order valence-electron chi connectivity index (χ4n) is 3.55. The maximum absolute atomic E-state index is 12.8. The molecule has 3 aromatic rings. The number of nitrogens with one attached hydrogen (secondary N) is 1. The Morgan fingerprint density at radius 1 is 1.32 bits per heavy atom. The summed E-state index contributed by atoms with van der Waals surface area (Å²) < 4.78 is 18.6. The molecular weight excluding hydrogens is 436 g/mol. The van der Waals surface area contributed by atoms with Gasteiger partial charge in [0.15, 0.2) is 22.5 Å². The van der Waals surface area contributed by atoms with Crippen LogP contribution in [0.25, 0.3) is 10.7 Å². The lowest BCUT2D eigenvalue weighted by Crippen LogP contribution is -2.23. The normalized spacial score (nSPS) is 18.3. The predicted molar refractivity (Wildman–Crippen MR) is 119 cm³/mol. The summed E-state index contributed by atoms with van der Waals surface area (Å²) in [5.41, 5.74) is 0.668. The van der Waals surface area contributed by atoms with Gasteiger partial charge in [-0.15, -0.1) is 21.5 Å². The molecule has 8 nitrogen and oxygen atoms in total. The third kappa shape index (κ3) is 4.41. The van der Waals surface area contributed by atoms with E-state index < -0.39 is 0 Å². The number of hydrogen-bond acceptors (Lipinski definition) is 8. The van der Waals surface area contributed by atoms with Gasteiger partial charge in [-0.2, -0.15) is 0 Å². The van der Waals surface area contributed by atoms with Crippen LogP contribution in [0.3, 0.4) is 0 Å². The van der Waals surface area contributed by atoms with Gasteiger partial charge >= 0.3 is 0 Å². The number of nitrogens with zero attached hydrogens (tertiary/aromatic N) is 3. The number of amides is 1. The van der Waals surface area contributed by atoms with Crippen LogP contribution in [0.4, 0.5) is 5.69 Å². The lowest BCUT2D eigenvalue weighted by molar-refractivity contribution is -0.115. The zero-order valence-corrected chi connectivity index (χ0v) is 18.6. The molecule has 31 heavy (non-hydrogen) atoms. The number of rotatable bonds is 7. The Bertz CT molecular complexity index is 1060. The molecule has 1 aromatic carbocycles. The van der Waals surface area contributed by atoms with Gasteiger partial charge in [-0.25, -0.2) is 0 Å². The summed E-state index contributed by atoms with van der Waals surface area (Å²) in [7, 11) is 0. The number of carbonyl (C=O) groups is 1. The summed E-state index contributed by atoms with van der Waals surface area (Å²) >= 11 is 3.02. The average Bonchev–Trinajstić information content (AvgIpc) is 3.56. The first-order valence-corrected chi connectivity index (χ1v) is 11.9. The lowest BCUT2D eigenvalue weighted by atomic mass is 10.2. The van der Waals surface area contributed by atoms with Crippen molar-refractivity contribution in [2.75, 3.05) is 18.7 Å². The monoisotopic (exact) mass is 458 g/mol. The van der Waals surface area contributed by atoms with E-state index in [0.29, 0.717) is 28.9 Å². The molecule has 162 valence electrons. The molecule has 0 bridgehead atoms. The summed E-state index contributed by atoms with van der Waals surface area (Å²) in [6.07, 6.45) is 2.23. The van der Waals surface area contributed by atoms with Crippen LogP contribution < -0.4 is 14.8 Å². The summed E-state index contributed by atoms with van der Waals surface area (Å²) in [6.45, 7) is 3.53. The van der Waals surface area contributed by atoms with E-state index in [1.807, 2.05) is 24.4 Å². The molecule has 2 aliphatic heterocycles. The molecule has 1 N–H and O–H groups in total. The molecule has 0 unspecified atom stereocenters. The van der Waals surface area contributed by atoms with Gasteiger partial charge in [0.05, 0.1) is 22.8 Å². The van der Waals surface area contributed by atoms with Crippen LogP contribution in [0.15, 0.2) is 40.9 Å². The lowest BCUT2D eigenvalue weighted by Gasteiger charge is -2.16. The van der Waals surface area contributed by atoms with Crippen LogP contribution >= 0.6 is 23.1 Å². The summed E-state index contributed by atoms with van der Waals surface area (Å²) in [5, 5.41) is 14.1. The molecule has 1 fully saturated rings. The zero-order chi connectivity index (χ0) is 21.2. The van der Waals surface area contributed by atoms with Crippen molar-refractivity contribution in [2.45, 2.75) is 42.8 Å². The van der Waals surface area contributed by atoms with Gasteiger partial charge in [-0.1, -0.05) is 17.8 Å². The van der Waals surface area contributed by atoms with Gasteiger partial charge in [0.1, 0.15) is 0 Å². The molecule has 10 heteroatoms. The van der Waals surface area contributed by atoms with Crippen molar-refractivity contribution in [3.05, 3.63) is 35.7 Å². The molecule has 0 saturated carbocycles. The second-order valence-electron chi connectivity index (χ2n) is 7.35. The standard InChI is InChI=1S/C21H22N4O4S2/c1-13(20(26)22-14-6-7-16-17(10-14)29-12-28-16)31-21-24-23-19(18-5-3-9-30-18)25(21)11-15-4-2-8-27-15/h3,5-7,9-10,13,15H,2,4,8,11-12H2,1H3,(H,22,26)/t13-,15-/m1/s1. The number of benzene rings is 1. The molecule has 5 rings (SSSR count). The SMILES string of the molecule is C[C@@H](Sc1nnc(-c2cccs2)n1C[C@H]1CCCO1)C(=O)Nc1ccc2c(c1)OCO2. The maximum atomic E-state index is 12.8. The van der Waals surface area contributed by atoms with E-state index in [4.69, 9.17) is 14.2 Å². The van der Waals surface area contributed by atoms with Crippen LogP contribution in [-0.2, 0) is 16.1 Å². The molecule has 0 radical (unpaired) electrons. The third-order valence-corrected chi connectivity index (χ3v) is 7.11. The van der Waals surface area contributed by atoms with Crippen molar-refractivity contribution < 1.29 is 19.0 Å². The molecule has 0 spiro atoms. The highest BCUT2D eigenvalue weighted by atomic mass is 32.2. The minimum absolute atomic E-state index is 0.117. The molecule has 1 amide bonds. The van der Waals surface area contributed by atoms with Gasteiger partial charge in [-0.05, 0) is 43.3 Å². The third-order valence-electron chi connectivity index (χ3n) is 5.16. The number of carbonyl (C=O) groups excluding carboxylic acids is 1. The summed E-state index contributed by atoms with van der Waals surface area (Å²) in [5.74, 6) is 2.02. The molecule has 0 aliphatic carbocycles. The molecule has 2 atom stereocenters. The summed E-state index contributed by atoms with van der Waals surface area (Å²) in [4.78, 5) is 13.9. The first-order valence-electron chi connectivity index (χ1n) is 10.1. The number of aromatic nitrogens is 3.